The Kier molecular flexibility index (Phi) is 4.86. The molecule has 0 N–H and O–H groups in total. The third-order valence-electron chi connectivity index (χ3n) is 5.15. The number of hydrogen-bond donors (Lipinski definition) is 0. The molecule has 4 rings (SSSR count). The average molecular weight is 435 g/mol. The number of ether oxygens (including phenoxy) is 2. The van der Waals surface area contributed by atoms with Crippen LogP contribution in [0.4, 0.5) is 0 Å². The van der Waals surface area contributed by atoms with Gasteiger partial charge in [-0.3, -0.25) is 14.4 Å². The average Bonchev–Trinajstić information content (AvgIpc) is 3.30. The zero-order valence-electron chi connectivity index (χ0n) is 15.5. The van der Waals surface area contributed by atoms with Gasteiger partial charge in [-0.25, -0.2) is 0 Å². The van der Waals surface area contributed by atoms with E-state index in [1.165, 1.54) is 5.56 Å². The number of fused-ring (bicyclic) bond motifs is 1. The number of aromatic nitrogens is 2. The molecule has 8 heteroatoms. The van der Waals surface area contributed by atoms with Crippen LogP contribution in [0, 0.1) is 0 Å². The number of hydrogen-bond acceptors (Lipinski definition) is 5. The smallest absolute Gasteiger partial charge is 0.250 e. The van der Waals surface area contributed by atoms with Crippen LogP contribution < -0.4 is 9.47 Å². The molecule has 0 saturated carbocycles. The van der Waals surface area contributed by atoms with Crippen LogP contribution in [0.5, 0.6) is 11.5 Å². The van der Waals surface area contributed by atoms with Crippen LogP contribution in [0.25, 0.3) is 0 Å². The van der Waals surface area contributed by atoms with Crippen LogP contribution in [0.2, 0.25) is 0 Å². The summed E-state index contributed by atoms with van der Waals surface area (Å²) < 4.78 is 13.4. The van der Waals surface area contributed by atoms with E-state index in [2.05, 4.69) is 32.0 Å². The summed E-state index contributed by atoms with van der Waals surface area (Å²) in [6, 6.07) is 6.07. The molecule has 1 saturated heterocycles. The Morgan fingerprint density at radius 3 is 2.63 bits per heavy atom. The molecular weight excluding hydrogens is 412 g/mol. The van der Waals surface area contributed by atoms with Gasteiger partial charge in [0.15, 0.2) is 11.5 Å². The Hall–Kier alpha value is -2.06. The topological polar surface area (TPSA) is 59.8 Å². The number of carbonyl (C=O) groups excluding carboxylic acids is 1. The maximum atomic E-state index is 13.0. The molecule has 0 unspecified atom stereocenters. The molecule has 1 aromatic heterocycles. The van der Waals surface area contributed by atoms with Gasteiger partial charge in [0.1, 0.15) is 5.54 Å². The van der Waals surface area contributed by atoms with Crippen molar-refractivity contribution in [2.45, 2.75) is 25.9 Å². The predicted octanol–water partition coefficient (Wildman–Crippen LogP) is 2.45. The van der Waals surface area contributed by atoms with E-state index < -0.39 is 5.54 Å². The molecule has 0 radical (unpaired) electrons. The van der Waals surface area contributed by atoms with Crippen molar-refractivity contribution in [2.75, 3.05) is 33.0 Å². The molecule has 1 aromatic carbocycles. The second kappa shape index (κ2) is 7.16. The fourth-order valence-electron chi connectivity index (χ4n) is 3.50. The molecule has 0 atom stereocenters. The SMILES string of the molecule is CC(C)(C(=O)N1CCN(Cc2ccc3c(c2)OCO3)CC1)n1cc(Br)cn1. The van der Waals surface area contributed by atoms with Gasteiger partial charge in [-0.2, -0.15) is 5.10 Å². The van der Waals surface area contributed by atoms with Crippen molar-refractivity contribution in [1.29, 1.82) is 0 Å². The third-order valence-corrected chi connectivity index (χ3v) is 5.56. The summed E-state index contributed by atoms with van der Waals surface area (Å²) in [5.41, 5.74) is 0.492. The summed E-state index contributed by atoms with van der Waals surface area (Å²) in [5.74, 6) is 1.72. The molecule has 0 aliphatic carbocycles. The summed E-state index contributed by atoms with van der Waals surface area (Å²) >= 11 is 3.40. The minimum atomic E-state index is -0.703. The lowest BCUT2D eigenvalue weighted by atomic mass is 10.0. The summed E-state index contributed by atoms with van der Waals surface area (Å²) in [6.07, 6.45) is 3.55. The predicted molar refractivity (Wildman–Crippen MR) is 104 cm³/mol. The van der Waals surface area contributed by atoms with Gasteiger partial charge in [0.2, 0.25) is 12.7 Å². The van der Waals surface area contributed by atoms with Crippen LogP contribution >= 0.6 is 15.9 Å². The van der Waals surface area contributed by atoms with Crippen LogP contribution in [-0.4, -0.2) is 58.5 Å². The zero-order valence-corrected chi connectivity index (χ0v) is 17.1. The van der Waals surface area contributed by atoms with Gasteiger partial charge in [-0.15, -0.1) is 0 Å². The van der Waals surface area contributed by atoms with Crippen molar-refractivity contribution < 1.29 is 14.3 Å². The highest BCUT2D eigenvalue weighted by atomic mass is 79.9. The normalized spacial score (nSPS) is 17.4. The Morgan fingerprint density at radius 2 is 1.93 bits per heavy atom. The van der Waals surface area contributed by atoms with E-state index in [1.807, 2.05) is 37.1 Å². The van der Waals surface area contributed by atoms with Crippen molar-refractivity contribution in [3.05, 3.63) is 40.6 Å². The number of benzene rings is 1. The fourth-order valence-corrected chi connectivity index (χ4v) is 3.78. The molecule has 2 aromatic rings. The van der Waals surface area contributed by atoms with Crippen molar-refractivity contribution in [2.24, 2.45) is 0 Å². The molecule has 2 aliphatic heterocycles. The van der Waals surface area contributed by atoms with Crippen LogP contribution in [0.3, 0.4) is 0 Å². The molecule has 3 heterocycles. The Morgan fingerprint density at radius 1 is 1.19 bits per heavy atom. The summed E-state index contributed by atoms with van der Waals surface area (Å²) in [7, 11) is 0. The Balaban J connectivity index is 1.35. The van der Waals surface area contributed by atoms with Crippen molar-refractivity contribution in [1.82, 2.24) is 19.6 Å². The first-order chi connectivity index (χ1) is 12.9. The Labute approximate surface area is 167 Å². The van der Waals surface area contributed by atoms with Gasteiger partial charge in [0, 0.05) is 38.9 Å². The van der Waals surface area contributed by atoms with Crippen molar-refractivity contribution >= 4 is 21.8 Å². The number of nitrogens with zero attached hydrogens (tertiary/aromatic N) is 4. The molecule has 0 spiro atoms. The lowest BCUT2D eigenvalue weighted by Gasteiger charge is -2.38. The highest BCUT2D eigenvalue weighted by Gasteiger charge is 2.36. The summed E-state index contributed by atoms with van der Waals surface area (Å²) in [4.78, 5) is 17.3. The summed E-state index contributed by atoms with van der Waals surface area (Å²) in [6.45, 7) is 8.08. The highest BCUT2D eigenvalue weighted by Crippen LogP contribution is 2.33. The third kappa shape index (κ3) is 3.68. The van der Waals surface area contributed by atoms with Gasteiger partial charge < -0.3 is 14.4 Å². The monoisotopic (exact) mass is 434 g/mol. The number of piperazine rings is 1. The largest absolute Gasteiger partial charge is 0.454 e. The van der Waals surface area contributed by atoms with E-state index in [0.717, 1.165) is 48.7 Å². The van der Waals surface area contributed by atoms with Crippen LogP contribution in [0.15, 0.2) is 35.1 Å². The van der Waals surface area contributed by atoms with E-state index in [-0.39, 0.29) is 5.91 Å². The quantitative estimate of drug-likeness (QED) is 0.739. The van der Waals surface area contributed by atoms with Crippen molar-refractivity contribution in [3.63, 3.8) is 0 Å². The van der Waals surface area contributed by atoms with E-state index in [4.69, 9.17) is 9.47 Å². The molecule has 2 aliphatic rings. The minimum Gasteiger partial charge on any atom is -0.454 e. The maximum Gasteiger partial charge on any atom is 0.250 e. The standard InChI is InChI=1S/C19H23BrN4O3/c1-19(2,24-12-15(20)10-21-24)18(25)23-7-5-22(6-8-23)11-14-3-4-16-17(9-14)27-13-26-16/h3-4,9-10,12H,5-8,11,13H2,1-2H3. The first kappa shape index (κ1) is 18.3. The van der Waals surface area contributed by atoms with Gasteiger partial charge in [-0.05, 0) is 47.5 Å². The molecule has 0 bridgehead atoms. The number of carbonyl (C=O) groups is 1. The molecule has 27 heavy (non-hydrogen) atoms. The molecule has 1 amide bonds. The minimum absolute atomic E-state index is 0.0980. The molecular formula is C19H23BrN4O3. The molecule has 1 fully saturated rings. The van der Waals surface area contributed by atoms with E-state index in [9.17, 15) is 4.79 Å². The van der Waals surface area contributed by atoms with E-state index >= 15 is 0 Å². The van der Waals surface area contributed by atoms with Gasteiger partial charge >= 0.3 is 0 Å². The van der Waals surface area contributed by atoms with Gasteiger partial charge in [0.05, 0.1) is 10.7 Å². The van der Waals surface area contributed by atoms with E-state index in [1.54, 1.807) is 10.9 Å². The van der Waals surface area contributed by atoms with Gasteiger partial charge in [0.25, 0.3) is 0 Å². The zero-order chi connectivity index (χ0) is 19.0. The second-order valence-corrected chi connectivity index (χ2v) is 8.33. The first-order valence-corrected chi connectivity index (χ1v) is 9.84. The second-order valence-electron chi connectivity index (χ2n) is 7.42. The number of rotatable bonds is 4. The van der Waals surface area contributed by atoms with Gasteiger partial charge in [-0.1, -0.05) is 6.07 Å². The number of halogens is 1. The van der Waals surface area contributed by atoms with Crippen LogP contribution in [0.1, 0.15) is 19.4 Å². The van der Waals surface area contributed by atoms with Crippen molar-refractivity contribution in [3.8, 4) is 11.5 Å². The molecule has 144 valence electrons. The highest BCUT2D eigenvalue weighted by molar-refractivity contribution is 9.10. The van der Waals surface area contributed by atoms with E-state index in [0.29, 0.717) is 6.79 Å². The van der Waals surface area contributed by atoms with Crippen LogP contribution in [-0.2, 0) is 16.9 Å². The summed E-state index contributed by atoms with van der Waals surface area (Å²) in [5, 5.41) is 4.29. The lowest BCUT2D eigenvalue weighted by Crippen LogP contribution is -2.54. The fraction of sp³-hybridized carbons (Fsp3) is 0.474. The molecule has 7 nitrogen and oxygen atoms in total. The number of amides is 1. The Bertz CT molecular complexity index is 843. The first-order valence-electron chi connectivity index (χ1n) is 9.04. The maximum absolute atomic E-state index is 13.0. The lowest BCUT2D eigenvalue weighted by molar-refractivity contribution is -0.141.